The Bertz CT molecular complexity index is 724. The van der Waals surface area contributed by atoms with Gasteiger partial charge in [0.1, 0.15) is 5.82 Å². The normalized spacial score (nSPS) is 19.1. The standard InChI is InChI=1S/C19H22BFO2/c1-13-7-6-8-14(11-13)15-9-10-16(17(21)12-15)20-22-18(2,3)19(4,5)23-20/h6-12H,1-5H3. The monoisotopic (exact) mass is 312 g/mol. The van der Waals surface area contributed by atoms with E-state index >= 15 is 0 Å². The van der Waals surface area contributed by atoms with Crippen LogP contribution in [0.15, 0.2) is 42.5 Å². The Kier molecular flexibility index (Phi) is 3.85. The zero-order valence-electron chi connectivity index (χ0n) is 14.3. The van der Waals surface area contributed by atoms with Gasteiger partial charge in [-0.2, -0.15) is 0 Å². The Morgan fingerprint density at radius 1 is 0.870 bits per heavy atom. The van der Waals surface area contributed by atoms with E-state index in [0.717, 1.165) is 16.7 Å². The second-order valence-electron chi connectivity index (χ2n) is 7.19. The topological polar surface area (TPSA) is 18.5 Å². The number of benzene rings is 2. The van der Waals surface area contributed by atoms with E-state index in [9.17, 15) is 4.39 Å². The van der Waals surface area contributed by atoms with Crippen molar-refractivity contribution < 1.29 is 13.7 Å². The number of aryl methyl sites for hydroxylation is 1. The molecule has 1 saturated heterocycles. The lowest BCUT2D eigenvalue weighted by Gasteiger charge is -2.32. The summed E-state index contributed by atoms with van der Waals surface area (Å²) >= 11 is 0. The molecule has 0 amide bonds. The molecular formula is C19H22BFO2. The fourth-order valence-corrected chi connectivity index (χ4v) is 2.69. The average Bonchev–Trinajstić information content (AvgIpc) is 2.67. The van der Waals surface area contributed by atoms with E-state index in [1.807, 2.05) is 65.0 Å². The second-order valence-corrected chi connectivity index (χ2v) is 7.19. The van der Waals surface area contributed by atoms with Crippen LogP contribution in [0.25, 0.3) is 11.1 Å². The Labute approximate surface area is 137 Å². The molecule has 0 atom stereocenters. The van der Waals surface area contributed by atoms with Gasteiger partial charge in [-0.3, -0.25) is 0 Å². The van der Waals surface area contributed by atoms with Gasteiger partial charge in [0.25, 0.3) is 0 Å². The van der Waals surface area contributed by atoms with Crippen LogP contribution in [0.2, 0.25) is 0 Å². The largest absolute Gasteiger partial charge is 0.497 e. The predicted molar refractivity (Wildman–Crippen MR) is 92.3 cm³/mol. The van der Waals surface area contributed by atoms with Gasteiger partial charge < -0.3 is 9.31 Å². The van der Waals surface area contributed by atoms with Crippen LogP contribution in [-0.4, -0.2) is 18.3 Å². The zero-order chi connectivity index (χ0) is 16.8. The molecule has 0 saturated carbocycles. The van der Waals surface area contributed by atoms with Crippen LogP contribution in [0.5, 0.6) is 0 Å². The van der Waals surface area contributed by atoms with Crippen molar-refractivity contribution in [2.45, 2.75) is 45.8 Å². The van der Waals surface area contributed by atoms with Gasteiger partial charge in [-0.15, -0.1) is 0 Å². The lowest BCUT2D eigenvalue weighted by Crippen LogP contribution is -2.41. The van der Waals surface area contributed by atoms with Crippen LogP contribution in [-0.2, 0) is 9.31 Å². The minimum atomic E-state index is -0.674. The second kappa shape index (κ2) is 5.46. The molecule has 2 aromatic rings. The highest BCUT2D eigenvalue weighted by atomic mass is 19.1. The van der Waals surface area contributed by atoms with Crippen LogP contribution < -0.4 is 5.46 Å². The molecule has 0 radical (unpaired) electrons. The molecule has 0 aliphatic carbocycles. The number of rotatable bonds is 2. The molecule has 120 valence electrons. The van der Waals surface area contributed by atoms with Gasteiger partial charge >= 0.3 is 7.12 Å². The summed E-state index contributed by atoms with van der Waals surface area (Å²) in [6.07, 6.45) is 0. The maximum atomic E-state index is 14.6. The highest BCUT2D eigenvalue weighted by molar-refractivity contribution is 6.62. The number of hydrogen-bond donors (Lipinski definition) is 0. The molecular weight excluding hydrogens is 290 g/mol. The highest BCUT2D eigenvalue weighted by Crippen LogP contribution is 2.36. The third-order valence-electron chi connectivity index (χ3n) is 4.86. The summed E-state index contributed by atoms with van der Waals surface area (Å²) in [4.78, 5) is 0. The van der Waals surface area contributed by atoms with Gasteiger partial charge in [0.05, 0.1) is 11.2 Å². The molecule has 0 N–H and O–H groups in total. The van der Waals surface area contributed by atoms with E-state index in [2.05, 4.69) is 0 Å². The molecule has 1 fully saturated rings. The molecule has 1 aliphatic rings. The van der Waals surface area contributed by atoms with E-state index in [1.54, 1.807) is 12.1 Å². The maximum Gasteiger partial charge on any atom is 0.497 e. The Morgan fingerprint density at radius 3 is 2.04 bits per heavy atom. The lowest BCUT2D eigenvalue weighted by atomic mass is 9.78. The van der Waals surface area contributed by atoms with E-state index in [1.165, 1.54) is 0 Å². The quantitative estimate of drug-likeness (QED) is 0.777. The van der Waals surface area contributed by atoms with Crippen LogP contribution >= 0.6 is 0 Å². The summed E-state index contributed by atoms with van der Waals surface area (Å²) in [5.41, 5.74) is 2.51. The molecule has 0 unspecified atom stereocenters. The van der Waals surface area contributed by atoms with Gasteiger partial charge in [-0.1, -0.05) is 42.0 Å². The minimum absolute atomic E-state index is 0.303. The van der Waals surface area contributed by atoms with Crippen LogP contribution in [0.3, 0.4) is 0 Å². The first-order chi connectivity index (χ1) is 10.7. The fraction of sp³-hybridized carbons (Fsp3) is 0.368. The number of halogens is 1. The van der Waals surface area contributed by atoms with Gasteiger partial charge in [-0.05, 0) is 51.8 Å². The van der Waals surface area contributed by atoms with Crippen molar-refractivity contribution in [2.24, 2.45) is 0 Å². The Hall–Kier alpha value is -1.65. The summed E-state index contributed by atoms with van der Waals surface area (Å²) in [6.45, 7) is 9.88. The van der Waals surface area contributed by atoms with Crippen molar-refractivity contribution in [3.05, 3.63) is 53.8 Å². The molecule has 1 heterocycles. The van der Waals surface area contributed by atoms with Crippen molar-refractivity contribution in [1.29, 1.82) is 0 Å². The molecule has 2 aromatic carbocycles. The third-order valence-corrected chi connectivity index (χ3v) is 4.86. The molecule has 0 bridgehead atoms. The van der Waals surface area contributed by atoms with Crippen molar-refractivity contribution >= 4 is 12.6 Å². The van der Waals surface area contributed by atoms with Crippen molar-refractivity contribution in [3.63, 3.8) is 0 Å². The lowest BCUT2D eigenvalue weighted by molar-refractivity contribution is 0.00578. The predicted octanol–water partition coefficient (Wildman–Crippen LogP) is 4.10. The molecule has 0 aromatic heterocycles. The Balaban J connectivity index is 1.92. The SMILES string of the molecule is Cc1cccc(-c2ccc(B3OC(C)(C)C(C)(C)O3)c(F)c2)c1. The van der Waals surface area contributed by atoms with E-state index < -0.39 is 18.3 Å². The van der Waals surface area contributed by atoms with Crippen LogP contribution in [0, 0.1) is 12.7 Å². The summed E-state index contributed by atoms with van der Waals surface area (Å²) in [5.74, 6) is -0.303. The van der Waals surface area contributed by atoms with Crippen LogP contribution in [0.1, 0.15) is 33.3 Å². The van der Waals surface area contributed by atoms with Gasteiger partial charge in [-0.25, -0.2) is 4.39 Å². The van der Waals surface area contributed by atoms with Crippen molar-refractivity contribution in [1.82, 2.24) is 0 Å². The van der Waals surface area contributed by atoms with Crippen molar-refractivity contribution in [2.75, 3.05) is 0 Å². The smallest absolute Gasteiger partial charge is 0.399 e. The van der Waals surface area contributed by atoms with Gasteiger partial charge in [0.2, 0.25) is 0 Å². The summed E-state index contributed by atoms with van der Waals surface area (Å²) in [5, 5.41) is 0. The molecule has 2 nitrogen and oxygen atoms in total. The molecule has 4 heteroatoms. The first-order valence-electron chi connectivity index (χ1n) is 7.92. The van der Waals surface area contributed by atoms with Crippen molar-refractivity contribution in [3.8, 4) is 11.1 Å². The first-order valence-corrected chi connectivity index (χ1v) is 7.92. The summed E-state index contributed by atoms with van der Waals surface area (Å²) in [7, 11) is -0.674. The third kappa shape index (κ3) is 2.93. The summed E-state index contributed by atoms with van der Waals surface area (Å²) in [6, 6.07) is 13.3. The number of hydrogen-bond acceptors (Lipinski definition) is 2. The average molecular weight is 312 g/mol. The van der Waals surface area contributed by atoms with E-state index in [-0.39, 0.29) is 5.82 Å². The van der Waals surface area contributed by atoms with Gasteiger partial charge in [0.15, 0.2) is 0 Å². The highest BCUT2D eigenvalue weighted by Gasteiger charge is 2.52. The first kappa shape index (κ1) is 16.2. The van der Waals surface area contributed by atoms with Crippen LogP contribution in [0.4, 0.5) is 4.39 Å². The van der Waals surface area contributed by atoms with E-state index in [4.69, 9.17) is 9.31 Å². The minimum Gasteiger partial charge on any atom is -0.399 e. The molecule has 1 aliphatic heterocycles. The Morgan fingerprint density at radius 2 is 1.48 bits per heavy atom. The van der Waals surface area contributed by atoms with Gasteiger partial charge in [0, 0.05) is 5.46 Å². The zero-order valence-corrected chi connectivity index (χ0v) is 14.3. The molecule has 3 rings (SSSR count). The molecule has 0 spiro atoms. The maximum absolute atomic E-state index is 14.6. The fourth-order valence-electron chi connectivity index (χ4n) is 2.69. The summed E-state index contributed by atoms with van der Waals surface area (Å²) < 4.78 is 26.5. The molecule has 23 heavy (non-hydrogen) atoms. The van der Waals surface area contributed by atoms with E-state index in [0.29, 0.717) is 5.46 Å².